The van der Waals surface area contributed by atoms with Gasteiger partial charge in [-0.2, -0.15) is 0 Å². The molecule has 4 aliphatic rings. The monoisotopic (exact) mass is 461 g/mol. The van der Waals surface area contributed by atoms with Crippen LogP contribution in [0.4, 0.5) is 19.3 Å². The molecule has 5 rings (SSSR count). The van der Waals surface area contributed by atoms with E-state index in [4.69, 9.17) is 4.74 Å². The fraction of sp³-hybridized carbons (Fsp3) is 0.625. The molecule has 2 atom stereocenters. The van der Waals surface area contributed by atoms with E-state index in [9.17, 15) is 23.2 Å². The van der Waals surface area contributed by atoms with Crippen LogP contribution >= 0.6 is 0 Å². The van der Waals surface area contributed by atoms with Crippen LogP contribution in [0.3, 0.4) is 0 Å². The first-order chi connectivity index (χ1) is 15.8. The van der Waals surface area contributed by atoms with Crippen molar-refractivity contribution in [2.24, 2.45) is 11.3 Å². The lowest BCUT2D eigenvalue weighted by atomic mass is 9.52. The third kappa shape index (κ3) is 4.42. The van der Waals surface area contributed by atoms with Gasteiger partial charge in [0.1, 0.15) is 11.6 Å². The van der Waals surface area contributed by atoms with E-state index < -0.39 is 35.5 Å². The van der Waals surface area contributed by atoms with Crippen molar-refractivity contribution in [3.8, 4) is 0 Å². The molecular weight excluding hydrogens is 432 g/mol. The minimum Gasteiger partial charge on any atom is -0.449 e. The number of amides is 3. The van der Waals surface area contributed by atoms with Crippen LogP contribution in [0.25, 0.3) is 0 Å². The summed E-state index contributed by atoms with van der Waals surface area (Å²) >= 11 is 0. The Labute approximate surface area is 191 Å². The summed E-state index contributed by atoms with van der Waals surface area (Å²) in [4.78, 5) is 37.3. The summed E-state index contributed by atoms with van der Waals surface area (Å²) in [7, 11) is 0. The minimum atomic E-state index is -1.02. The van der Waals surface area contributed by atoms with E-state index in [0.29, 0.717) is 43.1 Å². The number of carbonyl (C=O) groups is 3. The van der Waals surface area contributed by atoms with Crippen LogP contribution < -0.4 is 15.5 Å². The number of nitrogens with one attached hydrogen (secondary N) is 2. The average Bonchev–Trinajstić information content (AvgIpc) is 3.15. The number of anilines is 1. The third-order valence-electron chi connectivity index (χ3n) is 7.83. The zero-order valence-corrected chi connectivity index (χ0v) is 18.5. The van der Waals surface area contributed by atoms with Crippen molar-refractivity contribution in [1.29, 1.82) is 0 Å². The second kappa shape index (κ2) is 8.57. The van der Waals surface area contributed by atoms with Crippen molar-refractivity contribution in [3.05, 3.63) is 29.3 Å². The van der Waals surface area contributed by atoms with Crippen LogP contribution in [-0.4, -0.2) is 43.6 Å². The average molecular weight is 462 g/mol. The van der Waals surface area contributed by atoms with Crippen molar-refractivity contribution in [2.45, 2.75) is 63.3 Å². The Kier molecular flexibility index (Phi) is 5.74. The molecule has 2 N–H and O–H groups in total. The zero-order chi connectivity index (χ0) is 23.2. The van der Waals surface area contributed by atoms with E-state index in [-0.39, 0.29) is 24.4 Å². The number of ether oxygens (including phenoxy) is 1. The molecular formula is C24H29F2N3O4. The van der Waals surface area contributed by atoms with Crippen LogP contribution in [0.2, 0.25) is 0 Å². The Bertz CT molecular complexity index is 949. The van der Waals surface area contributed by atoms with Gasteiger partial charge >= 0.3 is 6.09 Å². The highest BCUT2D eigenvalue weighted by Crippen LogP contribution is 2.58. The van der Waals surface area contributed by atoms with Crippen molar-refractivity contribution >= 4 is 23.6 Å². The first-order valence-corrected chi connectivity index (χ1v) is 11.8. The molecule has 1 unspecified atom stereocenters. The van der Waals surface area contributed by atoms with Gasteiger partial charge in [-0.05, 0) is 62.0 Å². The lowest BCUT2D eigenvalue weighted by Gasteiger charge is -2.54. The van der Waals surface area contributed by atoms with Crippen LogP contribution in [0, 0.1) is 23.0 Å². The highest BCUT2D eigenvalue weighted by Gasteiger charge is 2.48. The molecule has 3 amide bonds. The quantitative estimate of drug-likeness (QED) is 0.657. The van der Waals surface area contributed by atoms with Crippen LogP contribution in [0.5, 0.6) is 0 Å². The predicted octanol–water partition coefficient (Wildman–Crippen LogP) is 3.37. The number of nitrogens with zero attached hydrogens (tertiary/aromatic N) is 1. The summed E-state index contributed by atoms with van der Waals surface area (Å²) in [6.07, 6.45) is 6.58. The van der Waals surface area contributed by atoms with Crippen LogP contribution in [0.1, 0.15) is 62.8 Å². The van der Waals surface area contributed by atoms with Gasteiger partial charge < -0.3 is 15.0 Å². The number of imide groups is 1. The summed E-state index contributed by atoms with van der Waals surface area (Å²) in [5.74, 6) is -3.28. The lowest BCUT2D eigenvalue weighted by molar-refractivity contribution is -0.134. The maximum Gasteiger partial charge on any atom is 0.407 e. The van der Waals surface area contributed by atoms with Crippen molar-refractivity contribution in [2.75, 3.05) is 24.6 Å². The molecule has 2 aliphatic heterocycles. The number of rotatable bonds is 5. The Morgan fingerprint density at radius 2 is 1.91 bits per heavy atom. The molecule has 0 aromatic heterocycles. The molecule has 4 fully saturated rings. The lowest BCUT2D eigenvalue weighted by Crippen LogP contribution is -2.45. The second-order valence-electron chi connectivity index (χ2n) is 10.1. The fourth-order valence-corrected chi connectivity index (χ4v) is 5.94. The number of carbonyl (C=O) groups excluding carboxylic acids is 3. The predicted molar refractivity (Wildman–Crippen MR) is 116 cm³/mol. The SMILES string of the molecule is O=C1CCC(c2c(F)cc(N3CC[C@@H](NC(=O)OCC4CC5(CCC5)C4)C3)cc2F)C(=O)N1. The molecule has 33 heavy (non-hydrogen) atoms. The molecule has 7 nitrogen and oxygen atoms in total. The molecule has 1 aromatic rings. The van der Waals surface area contributed by atoms with Gasteiger partial charge in [-0.1, -0.05) is 6.42 Å². The van der Waals surface area contributed by atoms with E-state index >= 15 is 0 Å². The highest BCUT2D eigenvalue weighted by atomic mass is 19.1. The Hall–Kier alpha value is -2.71. The Balaban J connectivity index is 1.13. The standard InChI is InChI=1S/C24H29F2N3O4/c25-18-8-16(9-19(26)21(18)17-2-3-20(30)28-22(17)31)29-7-4-15(12-29)27-23(32)33-13-14-10-24(11-14)5-1-6-24/h8-9,14-15,17H,1-7,10-13H2,(H,27,32)(H,28,30,31)/t15-,17?/m1/s1. The number of piperidine rings is 1. The van der Waals surface area contributed by atoms with Gasteiger partial charge in [0.25, 0.3) is 0 Å². The Morgan fingerprint density at radius 1 is 1.18 bits per heavy atom. The number of halogens is 2. The molecule has 2 saturated carbocycles. The van der Waals surface area contributed by atoms with Crippen LogP contribution in [-0.2, 0) is 14.3 Å². The number of alkyl carbamates (subject to hydrolysis) is 1. The molecule has 2 heterocycles. The molecule has 2 aliphatic carbocycles. The maximum absolute atomic E-state index is 14.8. The van der Waals surface area contributed by atoms with Gasteiger partial charge in [0.05, 0.1) is 18.6 Å². The number of hydrogen-bond acceptors (Lipinski definition) is 5. The number of hydrogen-bond donors (Lipinski definition) is 2. The smallest absolute Gasteiger partial charge is 0.407 e. The van der Waals surface area contributed by atoms with Gasteiger partial charge in [-0.3, -0.25) is 14.9 Å². The van der Waals surface area contributed by atoms with Gasteiger partial charge in [0.15, 0.2) is 0 Å². The largest absolute Gasteiger partial charge is 0.449 e. The first-order valence-electron chi connectivity index (χ1n) is 11.8. The molecule has 0 radical (unpaired) electrons. The summed E-state index contributed by atoms with van der Waals surface area (Å²) in [6, 6.07) is 2.27. The molecule has 178 valence electrons. The number of benzene rings is 1. The van der Waals surface area contributed by atoms with Gasteiger partial charge in [-0.15, -0.1) is 0 Å². The van der Waals surface area contributed by atoms with Gasteiger partial charge in [0.2, 0.25) is 11.8 Å². The fourth-order valence-electron chi connectivity index (χ4n) is 5.94. The molecule has 1 aromatic carbocycles. The van der Waals surface area contributed by atoms with Gasteiger partial charge in [0, 0.05) is 30.8 Å². The summed E-state index contributed by atoms with van der Waals surface area (Å²) < 4.78 is 35.0. The van der Waals surface area contributed by atoms with E-state index in [1.807, 2.05) is 0 Å². The summed E-state index contributed by atoms with van der Waals surface area (Å²) in [5.41, 5.74) is 0.606. The van der Waals surface area contributed by atoms with Crippen molar-refractivity contribution in [3.63, 3.8) is 0 Å². The highest BCUT2D eigenvalue weighted by molar-refractivity contribution is 6.01. The van der Waals surface area contributed by atoms with Crippen LogP contribution in [0.15, 0.2) is 12.1 Å². The molecule has 0 bridgehead atoms. The zero-order valence-electron chi connectivity index (χ0n) is 18.5. The second-order valence-corrected chi connectivity index (χ2v) is 10.1. The topological polar surface area (TPSA) is 87.7 Å². The third-order valence-corrected chi connectivity index (χ3v) is 7.83. The maximum atomic E-state index is 14.8. The minimum absolute atomic E-state index is 0.0498. The van der Waals surface area contributed by atoms with E-state index in [2.05, 4.69) is 10.6 Å². The molecule has 2 saturated heterocycles. The summed E-state index contributed by atoms with van der Waals surface area (Å²) in [6.45, 7) is 1.40. The Morgan fingerprint density at radius 3 is 2.55 bits per heavy atom. The van der Waals surface area contributed by atoms with E-state index in [1.165, 1.54) is 31.4 Å². The van der Waals surface area contributed by atoms with Gasteiger partial charge in [-0.25, -0.2) is 13.6 Å². The molecule has 1 spiro atoms. The van der Waals surface area contributed by atoms with E-state index in [1.54, 1.807) is 4.90 Å². The normalized spacial score (nSPS) is 26.5. The van der Waals surface area contributed by atoms with Crippen molar-refractivity contribution in [1.82, 2.24) is 10.6 Å². The van der Waals surface area contributed by atoms with E-state index in [0.717, 1.165) is 12.8 Å². The first kappa shape index (κ1) is 22.1. The van der Waals surface area contributed by atoms with Crippen molar-refractivity contribution < 1.29 is 27.9 Å². The molecule has 9 heteroatoms. The summed E-state index contributed by atoms with van der Waals surface area (Å²) in [5, 5.41) is 4.99.